The maximum Gasteiger partial charge on any atom is 0.167 e. The number of rotatable bonds is 3. The molecule has 32 heavy (non-hydrogen) atoms. The second kappa shape index (κ2) is 7.39. The van der Waals surface area contributed by atoms with Gasteiger partial charge in [0.05, 0.1) is 10.9 Å². The smallest absolute Gasteiger partial charge is 0.167 e. The van der Waals surface area contributed by atoms with Gasteiger partial charge < -0.3 is 4.42 Å². The van der Waals surface area contributed by atoms with Crippen molar-refractivity contribution < 1.29 is 8.81 Å². The lowest BCUT2D eigenvalue weighted by Gasteiger charge is -2.09. The molecule has 4 aromatic carbocycles. The van der Waals surface area contributed by atoms with Crippen LogP contribution in [0.25, 0.3) is 56.1 Å². The Labute approximate surface area is 183 Å². The van der Waals surface area contributed by atoms with Gasteiger partial charge in [0.2, 0.25) is 0 Å². The van der Waals surface area contributed by atoms with Gasteiger partial charge in [0.1, 0.15) is 17.0 Å². The molecule has 0 aliphatic rings. The van der Waals surface area contributed by atoms with Gasteiger partial charge in [-0.1, -0.05) is 78.9 Å². The molecule has 5 heteroatoms. The van der Waals surface area contributed by atoms with Crippen LogP contribution < -0.4 is 0 Å². The third-order valence-electron chi connectivity index (χ3n) is 5.42. The first-order valence-corrected chi connectivity index (χ1v) is 10.2. The van der Waals surface area contributed by atoms with Crippen LogP contribution in [0.15, 0.2) is 101 Å². The summed E-state index contributed by atoms with van der Waals surface area (Å²) in [5, 5.41) is 1.16. The number of halogens is 1. The predicted octanol–water partition coefficient (Wildman–Crippen LogP) is 6.91. The molecule has 0 fully saturated rings. The number of aromatic nitrogens is 3. The molecule has 2 heterocycles. The fourth-order valence-corrected chi connectivity index (χ4v) is 3.88. The molecule has 0 unspecified atom stereocenters. The molecule has 0 atom stereocenters. The minimum absolute atomic E-state index is 0.280. The van der Waals surface area contributed by atoms with Crippen LogP contribution in [0, 0.1) is 5.82 Å². The Bertz CT molecular complexity index is 1520. The maximum absolute atomic E-state index is 15.8. The first kappa shape index (κ1) is 18.4. The molecule has 0 N–H and O–H groups in total. The normalized spacial score (nSPS) is 11.3. The fourth-order valence-electron chi connectivity index (χ4n) is 3.88. The molecule has 6 rings (SSSR count). The van der Waals surface area contributed by atoms with Crippen LogP contribution in [0.4, 0.5) is 4.39 Å². The fraction of sp³-hybridized carbons (Fsp3) is 0. The average Bonchev–Trinajstić information content (AvgIpc) is 3.24. The Kier molecular flexibility index (Phi) is 4.25. The van der Waals surface area contributed by atoms with Crippen LogP contribution in [0.2, 0.25) is 0 Å². The third-order valence-corrected chi connectivity index (χ3v) is 5.42. The zero-order chi connectivity index (χ0) is 21.5. The summed E-state index contributed by atoms with van der Waals surface area (Å²) in [6.07, 6.45) is 0. The maximum atomic E-state index is 15.8. The highest BCUT2D eigenvalue weighted by atomic mass is 19.1. The monoisotopic (exact) mass is 417 g/mol. The molecule has 0 amide bonds. The molecule has 152 valence electrons. The van der Waals surface area contributed by atoms with E-state index in [1.807, 2.05) is 84.9 Å². The number of hydrogen-bond acceptors (Lipinski definition) is 4. The van der Waals surface area contributed by atoms with Crippen LogP contribution in [-0.2, 0) is 0 Å². The van der Waals surface area contributed by atoms with Gasteiger partial charge in [-0.25, -0.2) is 19.3 Å². The molecule has 0 aliphatic carbocycles. The molecule has 6 aromatic rings. The number of benzene rings is 4. The first-order chi connectivity index (χ1) is 15.8. The standard InChI is InChI=1S/C27H16FN3O/c28-24-20(15-16-22-23(24)19-13-7-8-14-21(19)32-22)27-30-25(17-9-3-1-4-10-17)29-26(31-27)18-11-5-2-6-12-18/h1-16H. The van der Waals surface area contributed by atoms with Crippen molar-refractivity contribution in [3.8, 4) is 34.2 Å². The highest BCUT2D eigenvalue weighted by Gasteiger charge is 2.19. The van der Waals surface area contributed by atoms with Crippen molar-refractivity contribution in [2.75, 3.05) is 0 Å². The molecule has 0 saturated carbocycles. The molecular formula is C27H16FN3O. The van der Waals surface area contributed by atoms with E-state index in [1.165, 1.54) is 0 Å². The minimum atomic E-state index is -0.406. The summed E-state index contributed by atoms with van der Waals surface area (Å²) in [4.78, 5) is 13.9. The molecule has 0 bridgehead atoms. The number of hydrogen-bond donors (Lipinski definition) is 0. The summed E-state index contributed by atoms with van der Waals surface area (Å²) in [6, 6.07) is 30.1. The molecule has 0 spiro atoms. The Morgan fingerprint density at radius 3 is 1.75 bits per heavy atom. The van der Waals surface area contributed by atoms with Crippen LogP contribution in [-0.4, -0.2) is 15.0 Å². The van der Waals surface area contributed by atoms with E-state index >= 15 is 4.39 Å². The van der Waals surface area contributed by atoms with E-state index in [4.69, 9.17) is 4.42 Å². The van der Waals surface area contributed by atoms with Gasteiger partial charge >= 0.3 is 0 Å². The Morgan fingerprint density at radius 1 is 0.531 bits per heavy atom. The van der Waals surface area contributed by atoms with Crippen molar-refractivity contribution in [2.24, 2.45) is 0 Å². The second-order valence-corrected chi connectivity index (χ2v) is 7.44. The first-order valence-electron chi connectivity index (χ1n) is 10.2. The molecule has 0 aliphatic heterocycles. The van der Waals surface area contributed by atoms with E-state index in [0.29, 0.717) is 33.8 Å². The Hall–Kier alpha value is -4.38. The zero-order valence-electron chi connectivity index (χ0n) is 16.9. The third kappa shape index (κ3) is 3.03. The van der Waals surface area contributed by atoms with Gasteiger partial charge in [0.15, 0.2) is 17.5 Å². The molecule has 2 aromatic heterocycles. The summed E-state index contributed by atoms with van der Waals surface area (Å²) >= 11 is 0. The van der Waals surface area contributed by atoms with E-state index in [2.05, 4.69) is 15.0 Å². The Morgan fingerprint density at radius 2 is 1.09 bits per heavy atom. The quantitative estimate of drug-likeness (QED) is 0.314. The molecular weight excluding hydrogens is 401 g/mol. The summed E-state index contributed by atoms with van der Waals surface area (Å²) in [7, 11) is 0. The van der Waals surface area contributed by atoms with Crippen LogP contribution >= 0.6 is 0 Å². The lowest BCUT2D eigenvalue weighted by molar-refractivity contribution is 0.635. The van der Waals surface area contributed by atoms with Crippen LogP contribution in [0.1, 0.15) is 0 Å². The lowest BCUT2D eigenvalue weighted by Crippen LogP contribution is -2.01. The zero-order valence-corrected chi connectivity index (χ0v) is 16.9. The van der Waals surface area contributed by atoms with Crippen molar-refractivity contribution in [3.05, 3.63) is 103 Å². The van der Waals surface area contributed by atoms with Crippen LogP contribution in [0.5, 0.6) is 0 Å². The van der Waals surface area contributed by atoms with Gasteiger partial charge in [-0.15, -0.1) is 0 Å². The van der Waals surface area contributed by atoms with E-state index in [1.54, 1.807) is 12.1 Å². The van der Waals surface area contributed by atoms with E-state index in [0.717, 1.165) is 16.5 Å². The van der Waals surface area contributed by atoms with E-state index in [9.17, 15) is 0 Å². The van der Waals surface area contributed by atoms with Gasteiger partial charge in [0.25, 0.3) is 0 Å². The largest absolute Gasteiger partial charge is 0.456 e. The summed E-state index contributed by atoms with van der Waals surface area (Å²) in [5.74, 6) is 0.857. The van der Waals surface area contributed by atoms with Crippen molar-refractivity contribution >= 4 is 21.9 Å². The number of para-hydroxylation sites is 1. The second-order valence-electron chi connectivity index (χ2n) is 7.44. The topological polar surface area (TPSA) is 51.8 Å². The van der Waals surface area contributed by atoms with Crippen molar-refractivity contribution in [1.82, 2.24) is 15.0 Å². The van der Waals surface area contributed by atoms with Gasteiger partial charge in [-0.3, -0.25) is 0 Å². The molecule has 4 nitrogen and oxygen atoms in total. The predicted molar refractivity (Wildman–Crippen MR) is 123 cm³/mol. The van der Waals surface area contributed by atoms with Crippen molar-refractivity contribution in [3.63, 3.8) is 0 Å². The van der Waals surface area contributed by atoms with Gasteiger partial charge in [0, 0.05) is 16.5 Å². The van der Waals surface area contributed by atoms with E-state index in [-0.39, 0.29) is 5.82 Å². The number of nitrogens with zero attached hydrogens (tertiary/aromatic N) is 3. The highest BCUT2D eigenvalue weighted by molar-refractivity contribution is 6.06. The summed E-state index contributed by atoms with van der Waals surface area (Å²) < 4.78 is 21.6. The minimum Gasteiger partial charge on any atom is -0.456 e. The Balaban J connectivity index is 1.62. The number of fused-ring (bicyclic) bond motifs is 3. The highest BCUT2D eigenvalue weighted by Crippen LogP contribution is 2.35. The average molecular weight is 417 g/mol. The lowest BCUT2D eigenvalue weighted by atomic mass is 10.1. The summed E-state index contributed by atoms with van der Waals surface area (Å²) in [6.45, 7) is 0. The van der Waals surface area contributed by atoms with E-state index < -0.39 is 5.82 Å². The molecule has 0 radical (unpaired) electrons. The van der Waals surface area contributed by atoms with Gasteiger partial charge in [-0.05, 0) is 18.2 Å². The van der Waals surface area contributed by atoms with Gasteiger partial charge in [-0.2, -0.15) is 0 Å². The number of furan rings is 1. The van der Waals surface area contributed by atoms with Crippen molar-refractivity contribution in [1.29, 1.82) is 0 Å². The van der Waals surface area contributed by atoms with Crippen molar-refractivity contribution in [2.45, 2.75) is 0 Å². The summed E-state index contributed by atoms with van der Waals surface area (Å²) in [5.41, 5.74) is 3.12. The SMILES string of the molecule is Fc1c(-c2nc(-c3ccccc3)nc(-c3ccccc3)n2)ccc2oc3ccccc3c12. The molecule has 0 saturated heterocycles. The van der Waals surface area contributed by atoms with Crippen LogP contribution in [0.3, 0.4) is 0 Å².